The van der Waals surface area contributed by atoms with Gasteiger partial charge in [-0.3, -0.25) is 0 Å². The first-order chi connectivity index (χ1) is 14.5. The van der Waals surface area contributed by atoms with Gasteiger partial charge in [0.25, 0.3) is 0 Å². The van der Waals surface area contributed by atoms with Crippen molar-refractivity contribution in [2.75, 3.05) is 13.2 Å². The number of halogens is 2. The normalized spacial score (nSPS) is 21.1. The number of benzene rings is 2. The summed E-state index contributed by atoms with van der Waals surface area (Å²) in [6.45, 7) is 3.49. The maximum atomic E-state index is 6.39. The minimum atomic E-state index is -0.773. The Kier molecular flexibility index (Phi) is 6.64. The fraction of sp³-hybridized carbons (Fsp3) is 0.348. The van der Waals surface area contributed by atoms with Crippen LogP contribution in [0.15, 0.2) is 61.2 Å². The van der Waals surface area contributed by atoms with E-state index in [9.17, 15) is 0 Å². The second kappa shape index (κ2) is 9.40. The Morgan fingerprint density at radius 1 is 1.20 bits per heavy atom. The third-order valence-electron chi connectivity index (χ3n) is 5.14. The molecule has 7 heteroatoms. The fourth-order valence-electron chi connectivity index (χ4n) is 3.52. The van der Waals surface area contributed by atoms with E-state index in [0.717, 1.165) is 11.3 Å². The van der Waals surface area contributed by atoms with Gasteiger partial charge in [0.1, 0.15) is 18.5 Å². The molecule has 1 saturated heterocycles. The van der Waals surface area contributed by atoms with Gasteiger partial charge < -0.3 is 18.8 Å². The van der Waals surface area contributed by atoms with Crippen LogP contribution < -0.4 is 4.74 Å². The molecular formula is C23H24Cl2N2O3. The van der Waals surface area contributed by atoms with E-state index in [0.29, 0.717) is 42.6 Å². The number of imidazole rings is 1. The second-order valence-electron chi connectivity index (χ2n) is 7.56. The van der Waals surface area contributed by atoms with E-state index < -0.39 is 5.79 Å². The van der Waals surface area contributed by atoms with Crippen molar-refractivity contribution in [2.45, 2.75) is 38.2 Å². The molecule has 3 aromatic rings. The molecule has 0 aliphatic carbocycles. The molecule has 2 aromatic carbocycles. The Balaban J connectivity index is 1.42. The molecule has 0 spiro atoms. The Morgan fingerprint density at radius 3 is 2.77 bits per heavy atom. The zero-order chi connectivity index (χ0) is 21.0. The second-order valence-corrected chi connectivity index (χ2v) is 8.40. The highest BCUT2D eigenvalue weighted by Crippen LogP contribution is 2.33. The standard InChI is InChI=1S/C23H24Cl2N2O3/c1-17-2-6-20(7-3-17)28-13-21-14-29-23(30-21,15-27-11-10-26-16-27)9-8-18-4-5-19(24)12-22(18)25/h2-7,10-12,16,21H,8-9,13-15H2,1H3. The van der Waals surface area contributed by atoms with Crippen LogP contribution in [0.3, 0.4) is 0 Å². The molecule has 30 heavy (non-hydrogen) atoms. The van der Waals surface area contributed by atoms with Crippen LogP contribution in [-0.4, -0.2) is 34.7 Å². The van der Waals surface area contributed by atoms with E-state index in [4.69, 9.17) is 37.4 Å². The molecule has 0 radical (unpaired) electrons. The molecule has 2 unspecified atom stereocenters. The molecule has 1 aliphatic rings. The van der Waals surface area contributed by atoms with Crippen LogP contribution in [0.2, 0.25) is 10.0 Å². The third-order valence-corrected chi connectivity index (χ3v) is 5.73. The highest BCUT2D eigenvalue weighted by Gasteiger charge is 2.42. The quantitative estimate of drug-likeness (QED) is 0.469. The number of aryl methyl sites for hydroxylation is 2. The summed E-state index contributed by atoms with van der Waals surface area (Å²) < 4.78 is 20.5. The average molecular weight is 447 g/mol. The van der Waals surface area contributed by atoms with Crippen molar-refractivity contribution in [2.24, 2.45) is 0 Å². The van der Waals surface area contributed by atoms with Crippen molar-refractivity contribution < 1.29 is 14.2 Å². The van der Waals surface area contributed by atoms with E-state index in [-0.39, 0.29) is 6.10 Å². The van der Waals surface area contributed by atoms with E-state index in [1.54, 1.807) is 18.6 Å². The smallest absolute Gasteiger partial charge is 0.187 e. The zero-order valence-electron chi connectivity index (χ0n) is 16.8. The van der Waals surface area contributed by atoms with Crippen LogP contribution in [0.25, 0.3) is 0 Å². The fourth-order valence-corrected chi connectivity index (χ4v) is 4.03. The first-order valence-corrected chi connectivity index (χ1v) is 10.7. The number of hydrogen-bond donors (Lipinski definition) is 0. The summed E-state index contributed by atoms with van der Waals surface area (Å²) >= 11 is 12.4. The minimum absolute atomic E-state index is 0.157. The summed E-state index contributed by atoms with van der Waals surface area (Å²) in [6, 6.07) is 13.5. The van der Waals surface area contributed by atoms with Crippen LogP contribution >= 0.6 is 23.2 Å². The van der Waals surface area contributed by atoms with Crippen molar-refractivity contribution in [3.05, 3.63) is 82.4 Å². The van der Waals surface area contributed by atoms with E-state index in [1.807, 2.05) is 47.2 Å². The van der Waals surface area contributed by atoms with E-state index in [1.165, 1.54) is 5.56 Å². The van der Waals surface area contributed by atoms with Gasteiger partial charge in [0.05, 0.1) is 19.5 Å². The van der Waals surface area contributed by atoms with Crippen molar-refractivity contribution in [1.82, 2.24) is 9.55 Å². The number of nitrogens with zero attached hydrogens (tertiary/aromatic N) is 2. The lowest BCUT2D eigenvalue weighted by Crippen LogP contribution is -2.37. The van der Waals surface area contributed by atoms with Gasteiger partial charge in [-0.15, -0.1) is 0 Å². The van der Waals surface area contributed by atoms with Gasteiger partial charge in [-0.1, -0.05) is 47.0 Å². The summed E-state index contributed by atoms with van der Waals surface area (Å²) in [7, 11) is 0. The Hall–Kier alpha value is -2.05. The molecule has 158 valence electrons. The maximum Gasteiger partial charge on any atom is 0.187 e. The molecule has 1 fully saturated rings. The van der Waals surface area contributed by atoms with Gasteiger partial charge >= 0.3 is 0 Å². The maximum absolute atomic E-state index is 6.39. The van der Waals surface area contributed by atoms with Gasteiger partial charge in [-0.05, 0) is 43.2 Å². The van der Waals surface area contributed by atoms with Crippen LogP contribution in [0.1, 0.15) is 17.5 Å². The average Bonchev–Trinajstić information content (AvgIpc) is 3.38. The number of rotatable bonds is 8. The van der Waals surface area contributed by atoms with Crippen LogP contribution in [0.5, 0.6) is 5.75 Å². The molecule has 2 heterocycles. The molecule has 0 saturated carbocycles. The molecule has 0 N–H and O–H groups in total. The van der Waals surface area contributed by atoms with Crippen molar-refractivity contribution in [3.63, 3.8) is 0 Å². The first-order valence-electron chi connectivity index (χ1n) is 9.92. The predicted octanol–water partition coefficient (Wildman–Crippen LogP) is 5.32. The molecule has 4 rings (SSSR count). The SMILES string of the molecule is Cc1ccc(OCC2COC(CCc3ccc(Cl)cc3Cl)(Cn3ccnc3)O2)cc1. The van der Waals surface area contributed by atoms with Gasteiger partial charge in [0.15, 0.2) is 5.79 Å². The lowest BCUT2D eigenvalue weighted by molar-refractivity contribution is -0.184. The van der Waals surface area contributed by atoms with Gasteiger partial charge in [0.2, 0.25) is 0 Å². The Labute approximate surface area is 186 Å². The summed E-state index contributed by atoms with van der Waals surface area (Å²) in [6.07, 6.45) is 6.61. The summed E-state index contributed by atoms with van der Waals surface area (Å²) in [5.41, 5.74) is 2.21. The zero-order valence-corrected chi connectivity index (χ0v) is 18.3. The molecule has 1 aromatic heterocycles. The summed E-state index contributed by atoms with van der Waals surface area (Å²) in [5.74, 6) is 0.0505. The topological polar surface area (TPSA) is 45.5 Å². The van der Waals surface area contributed by atoms with Crippen molar-refractivity contribution >= 4 is 23.2 Å². The largest absolute Gasteiger partial charge is 0.491 e. The highest BCUT2D eigenvalue weighted by molar-refractivity contribution is 6.35. The van der Waals surface area contributed by atoms with Gasteiger partial charge in [-0.25, -0.2) is 4.98 Å². The van der Waals surface area contributed by atoms with E-state index >= 15 is 0 Å². The number of ether oxygens (including phenoxy) is 3. The van der Waals surface area contributed by atoms with Crippen LogP contribution in [0.4, 0.5) is 0 Å². The lowest BCUT2D eigenvalue weighted by atomic mass is 10.0. The number of hydrogen-bond acceptors (Lipinski definition) is 4. The molecule has 1 aliphatic heterocycles. The van der Waals surface area contributed by atoms with Gasteiger partial charge in [-0.2, -0.15) is 0 Å². The van der Waals surface area contributed by atoms with E-state index in [2.05, 4.69) is 11.9 Å². The third kappa shape index (κ3) is 5.35. The summed E-state index contributed by atoms with van der Waals surface area (Å²) in [5, 5.41) is 1.27. The molecule has 5 nitrogen and oxygen atoms in total. The molecular weight excluding hydrogens is 423 g/mol. The molecule has 0 amide bonds. The van der Waals surface area contributed by atoms with Crippen molar-refractivity contribution in [3.8, 4) is 5.75 Å². The molecule has 0 bridgehead atoms. The predicted molar refractivity (Wildman–Crippen MR) is 117 cm³/mol. The van der Waals surface area contributed by atoms with Crippen LogP contribution in [0, 0.1) is 6.92 Å². The summed E-state index contributed by atoms with van der Waals surface area (Å²) in [4.78, 5) is 4.13. The Bertz CT molecular complexity index is 963. The minimum Gasteiger partial charge on any atom is -0.491 e. The number of aromatic nitrogens is 2. The van der Waals surface area contributed by atoms with Crippen LogP contribution in [-0.2, 0) is 22.4 Å². The van der Waals surface area contributed by atoms with Crippen molar-refractivity contribution in [1.29, 1.82) is 0 Å². The monoisotopic (exact) mass is 446 g/mol. The highest BCUT2D eigenvalue weighted by atomic mass is 35.5. The first kappa shape index (κ1) is 21.2. The molecule has 2 atom stereocenters. The van der Waals surface area contributed by atoms with Gasteiger partial charge in [0, 0.05) is 28.9 Å². The Morgan fingerprint density at radius 2 is 2.03 bits per heavy atom. The lowest BCUT2D eigenvalue weighted by Gasteiger charge is -2.29.